The molecule has 1 atom stereocenters. The van der Waals surface area contributed by atoms with E-state index >= 15 is 0 Å². The van der Waals surface area contributed by atoms with Crippen LogP contribution in [-0.4, -0.2) is 11.6 Å². The van der Waals surface area contributed by atoms with Crippen LogP contribution in [0, 0.1) is 5.41 Å². The Morgan fingerprint density at radius 1 is 1.50 bits per heavy atom. The number of carbonyl (C=O) groups is 2. The van der Waals surface area contributed by atoms with Gasteiger partial charge in [0.15, 0.2) is 11.6 Å². The summed E-state index contributed by atoms with van der Waals surface area (Å²) in [5.74, 6) is 0.209. The Kier molecular flexibility index (Phi) is 2.18. The fourth-order valence-electron chi connectivity index (χ4n) is 1.58. The molecule has 0 aliphatic heterocycles. The van der Waals surface area contributed by atoms with Crippen LogP contribution in [0.1, 0.15) is 33.6 Å². The highest BCUT2D eigenvalue weighted by atomic mass is 16.1. The lowest BCUT2D eigenvalue weighted by Crippen LogP contribution is -2.33. The molecule has 0 bridgehead atoms. The molecule has 1 rings (SSSR count). The van der Waals surface area contributed by atoms with Gasteiger partial charge in [-0.2, -0.15) is 0 Å². The molecule has 2 nitrogen and oxygen atoms in total. The zero-order chi connectivity index (χ0) is 9.35. The third-order valence-electron chi connectivity index (χ3n) is 2.63. The van der Waals surface area contributed by atoms with Gasteiger partial charge in [-0.15, -0.1) is 0 Å². The van der Waals surface area contributed by atoms with E-state index < -0.39 is 5.41 Å². The van der Waals surface area contributed by atoms with Gasteiger partial charge in [-0.05, 0) is 25.0 Å². The second kappa shape index (κ2) is 2.85. The number of rotatable bonds is 1. The molecule has 0 aromatic heterocycles. The highest BCUT2D eigenvalue weighted by Gasteiger charge is 2.36. The van der Waals surface area contributed by atoms with Crippen LogP contribution in [0.15, 0.2) is 11.6 Å². The van der Waals surface area contributed by atoms with Gasteiger partial charge >= 0.3 is 0 Å². The van der Waals surface area contributed by atoms with Crippen molar-refractivity contribution in [1.29, 1.82) is 0 Å². The first kappa shape index (κ1) is 9.17. The molecule has 0 saturated carbocycles. The Hall–Kier alpha value is -0.920. The van der Waals surface area contributed by atoms with E-state index in [4.69, 9.17) is 0 Å². The molecule has 66 valence electrons. The zero-order valence-electron chi connectivity index (χ0n) is 7.81. The van der Waals surface area contributed by atoms with Crippen molar-refractivity contribution in [3.8, 4) is 0 Å². The van der Waals surface area contributed by atoms with Gasteiger partial charge in [0.1, 0.15) is 0 Å². The molecule has 0 radical (unpaired) electrons. The third-order valence-corrected chi connectivity index (χ3v) is 2.63. The van der Waals surface area contributed by atoms with E-state index in [0.717, 1.165) is 6.42 Å². The molecule has 0 aromatic carbocycles. The standard InChI is InChI=1S/C10H14O2/c1-4-10(3)6-8(11)5-7(2)9(10)12/h5H,4,6H2,1-3H3. The van der Waals surface area contributed by atoms with E-state index in [1.54, 1.807) is 6.92 Å². The van der Waals surface area contributed by atoms with Crippen LogP contribution in [-0.2, 0) is 9.59 Å². The van der Waals surface area contributed by atoms with Gasteiger partial charge in [-0.1, -0.05) is 13.8 Å². The molecule has 0 N–H and O–H groups in total. The van der Waals surface area contributed by atoms with Gasteiger partial charge in [0.25, 0.3) is 0 Å². The van der Waals surface area contributed by atoms with Crippen LogP contribution >= 0.6 is 0 Å². The minimum atomic E-state index is -0.435. The second-order valence-corrected chi connectivity index (χ2v) is 3.71. The fourth-order valence-corrected chi connectivity index (χ4v) is 1.58. The summed E-state index contributed by atoms with van der Waals surface area (Å²) >= 11 is 0. The average Bonchev–Trinajstić information content (AvgIpc) is 2.00. The Balaban J connectivity index is 3.04. The van der Waals surface area contributed by atoms with E-state index in [-0.39, 0.29) is 11.6 Å². The van der Waals surface area contributed by atoms with Crippen molar-refractivity contribution >= 4 is 11.6 Å². The maximum Gasteiger partial charge on any atom is 0.165 e. The number of hydrogen-bond donors (Lipinski definition) is 0. The van der Waals surface area contributed by atoms with E-state index in [0.29, 0.717) is 12.0 Å². The molecule has 0 fully saturated rings. The Bertz CT molecular complexity index is 263. The minimum Gasteiger partial charge on any atom is -0.295 e. The average molecular weight is 166 g/mol. The molecule has 2 heteroatoms. The van der Waals surface area contributed by atoms with E-state index in [1.807, 2.05) is 13.8 Å². The number of allylic oxidation sites excluding steroid dienone is 2. The lowest BCUT2D eigenvalue weighted by atomic mass is 9.72. The quantitative estimate of drug-likeness (QED) is 0.596. The summed E-state index contributed by atoms with van der Waals surface area (Å²) in [6.45, 7) is 5.53. The summed E-state index contributed by atoms with van der Waals surface area (Å²) < 4.78 is 0. The molecule has 1 aliphatic rings. The monoisotopic (exact) mass is 166 g/mol. The lowest BCUT2D eigenvalue weighted by Gasteiger charge is -2.28. The molecule has 0 spiro atoms. The van der Waals surface area contributed by atoms with Gasteiger partial charge in [-0.3, -0.25) is 9.59 Å². The molecule has 0 heterocycles. The Labute approximate surface area is 72.7 Å². The van der Waals surface area contributed by atoms with Crippen molar-refractivity contribution in [3.63, 3.8) is 0 Å². The third kappa shape index (κ3) is 1.33. The van der Waals surface area contributed by atoms with Gasteiger partial charge in [0.05, 0.1) is 0 Å². The first-order valence-corrected chi connectivity index (χ1v) is 4.25. The highest BCUT2D eigenvalue weighted by molar-refractivity contribution is 6.10. The number of Topliss-reactive ketones (excluding diaryl/α,β-unsaturated/α-hetero) is 1. The van der Waals surface area contributed by atoms with Gasteiger partial charge in [0, 0.05) is 11.8 Å². The van der Waals surface area contributed by atoms with Crippen molar-refractivity contribution in [2.24, 2.45) is 5.41 Å². The SMILES string of the molecule is CCC1(C)CC(=O)C=C(C)C1=O. The largest absolute Gasteiger partial charge is 0.295 e. The molecule has 1 aliphatic carbocycles. The molecule has 0 amide bonds. The number of ketones is 2. The molecule has 1 unspecified atom stereocenters. The Morgan fingerprint density at radius 2 is 2.08 bits per heavy atom. The van der Waals surface area contributed by atoms with Crippen LogP contribution in [0.25, 0.3) is 0 Å². The van der Waals surface area contributed by atoms with Crippen molar-refractivity contribution in [3.05, 3.63) is 11.6 Å². The van der Waals surface area contributed by atoms with Gasteiger partial charge in [-0.25, -0.2) is 0 Å². The summed E-state index contributed by atoms with van der Waals surface area (Å²) in [5, 5.41) is 0. The van der Waals surface area contributed by atoms with Crippen molar-refractivity contribution in [1.82, 2.24) is 0 Å². The van der Waals surface area contributed by atoms with Crippen LogP contribution in [0.2, 0.25) is 0 Å². The molecule has 0 aromatic rings. The number of carbonyl (C=O) groups excluding carboxylic acids is 2. The van der Waals surface area contributed by atoms with Gasteiger partial charge < -0.3 is 0 Å². The van der Waals surface area contributed by atoms with Gasteiger partial charge in [0.2, 0.25) is 0 Å². The van der Waals surface area contributed by atoms with Crippen molar-refractivity contribution in [2.45, 2.75) is 33.6 Å². The summed E-state index contributed by atoms with van der Waals surface area (Å²) in [7, 11) is 0. The summed E-state index contributed by atoms with van der Waals surface area (Å²) in [4.78, 5) is 22.8. The molecular weight excluding hydrogens is 152 g/mol. The van der Waals surface area contributed by atoms with Crippen molar-refractivity contribution in [2.75, 3.05) is 0 Å². The molecule has 0 saturated heterocycles. The maximum absolute atomic E-state index is 11.6. The molecular formula is C10H14O2. The van der Waals surface area contributed by atoms with E-state index in [9.17, 15) is 9.59 Å². The topological polar surface area (TPSA) is 34.1 Å². The van der Waals surface area contributed by atoms with Crippen molar-refractivity contribution < 1.29 is 9.59 Å². The van der Waals surface area contributed by atoms with E-state index in [1.165, 1.54) is 6.08 Å². The predicted molar refractivity (Wildman–Crippen MR) is 46.8 cm³/mol. The second-order valence-electron chi connectivity index (χ2n) is 3.71. The van der Waals surface area contributed by atoms with Crippen LogP contribution < -0.4 is 0 Å². The van der Waals surface area contributed by atoms with Crippen LogP contribution in [0.3, 0.4) is 0 Å². The summed E-state index contributed by atoms with van der Waals surface area (Å²) in [6.07, 6.45) is 2.57. The summed E-state index contributed by atoms with van der Waals surface area (Å²) in [5.41, 5.74) is 0.172. The Morgan fingerprint density at radius 3 is 2.58 bits per heavy atom. The van der Waals surface area contributed by atoms with Crippen LogP contribution in [0.4, 0.5) is 0 Å². The fraction of sp³-hybridized carbons (Fsp3) is 0.600. The first-order valence-electron chi connectivity index (χ1n) is 4.25. The van der Waals surface area contributed by atoms with E-state index in [2.05, 4.69) is 0 Å². The first-order chi connectivity index (χ1) is 5.49. The highest BCUT2D eigenvalue weighted by Crippen LogP contribution is 2.33. The summed E-state index contributed by atoms with van der Waals surface area (Å²) in [6, 6.07) is 0. The normalized spacial score (nSPS) is 30.4. The minimum absolute atomic E-state index is 0.0800. The number of hydrogen-bond acceptors (Lipinski definition) is 2. The van der Waals surface area contributed by atoms with Crippen LogP contribution in [0.5, 0.6) is 0 Å². The molecule has 12 heavy (non-hydrogen) atoms. The predicted octanol–water partition coefficient (Wildman–Crippen LogP) is 1.89. The smallest absolute Gasteiger partial charge is 0.165 e. The maximum atomic E-state index is 11.6. The zero-order valence-corrected chi connectivity index (χ0v) is 7.81. The lowest BCUT2D eigenvalue weighted by molar-refractivity contribution is -0.130.